The minimum atomic E-state index is -0.180. The first-order chi connectivity index (χ1) is 14.3. The van der Waals surface area contributed by atoms with E-state index in [-0.39, 0.29) is 12.4 Å². The zero-order valence-corrected chi connectivity index (χ0v) is 15.3. The fraction of sp³-hybridized carbons (Fsp3) is 0.143. The summed E-state index contributed by atoms with van der Waals surface area (Å²) in [5, 5.41) is 8.47. The average Bonchev–Trinajstić information content (AvgIpc) is 3.42. The maximum atomic E-state index is 12.2. The van der Waals surface area contributed by atoms with Gasteiger partial charge in [0.05, 0.1) is 12.2 Å². The van der Waals surface area contributed by atoms with Gasteiger partial charge in [-0.15, -0.1) is 0 Å². The molecule has 0 aliphatic carbocycles. The van der Waals surface area contributed by atoms with Gasteiger partial charge in [0.25, 0.3) is 5.56 Å². The van der Waals surface area contributed by atoms with Crippen LogP contribution in [0.2, 0.25) is 0 Å². The highest BCUT2D eigenvalue weighted by atomic mass is 16.7. The molecule has 5 rings (SSSR count). The maximum absolute atomic E-state index is 12.2. The Bertz CT molecular complexity index is 1220. The van der Waals surface area contributed by atoms with Gasteiger partial charge in [0, 0.05) is 23.6 Å². The van der Waals surface area contributed by atoms with Crippen molar-refractivity contribution in [1.29, 1.82) is 0 Å². The average molecular weight is 388 g/mol. The molecule has 0 unspecified atom stereocenters. The van der Waals surface area contributed by atoms with Crippen molar-refractivity contribution in [2.45, 2.75) is 13.0 Å². The van der Waals surface area contributed by atoms with Gasteiger partial charge in [-0.3, -0.25) is 4.79 Å². The van der Waals surface area contributed by atoms with E-state index in [0.717, 1.165) is 16.8 Å². The Balaban J connectivity index is 1.33. The lowest BCUT2D eigenvalue weighted by Gasteiger charge is -2.05. The van der Waals surface area contributed by atoms with Crippen LogP contribution in [0.3, 0.4) is 0 Å². The molecular formula is C21H16N4O4. The summed E-state index contributed by atoms with van der Waals surface area (Å²) in [6.07, 6.45) is 0.392. The SMILES string of the molecule is O=c1ccc(-c2ccccc2)nn1CCc1nc(-c2ccc3c(c2)OCO3)no1. The van der Waals surface area contributed by atoms with Crippen LogP contribution in [0.1, 0.15) is 5.89 Å². The zero-order valence-electron chi connectivity index (χ0n) is 15.3. The Kier molecular flexibility index (Phi) is 4.28. The highest BCUT2D eigenvalue weighted by Gasteiger charge is 2.16. The number of benzene rings is 2. The Morgan fingerprint density at radius 2 is 1.79 bits per heavy atom. The molecule has 0 N–H and O–H groups in total. The molecule has 0 fully saturated rings. The van der Waals surface area contributed by atoms with Crippen molar-refractivity contribution in [3.05, 3.63) is 76.9 Å². The summed E-state index contributed by atoms with van der Waals surface area (Å²) < 4.78 is 17.4. The first-order valence-electron chi connectivity index (χ1n) is 9.12. The van der Waals surface area contributed by atoms with Gasteiger partial charge in [-0.1, -0.05) is 35.5 Å². The summed E-state index contributed by atoms with van der Waals surface area (Å²) in [6, 6.07) is 18.4. The van der Waals surface area contributed by atoms with Crippen LogP contribution in [0.4, 0.5) is 0 Å². The first-order valence-corrected chi connectivity index (χ1v) is 9.12. The van der Waals surface area contributed by atoms with E-state index < -0.39 is 0 Å². The van der Waals surface area contributed by atoms with Crippen molar-refractivity contribution in [2.75, 3.05) is 6.79 Å². The molecule has 0 amide bonds. The Hall–Kier alpha value is -3.94. The van der Waals surface area contributed by atoms with Gasteiger partial charge in [-0.2, -0.15) is 10.1 Å². The summed E-state index contributed by atoms with van der Waals surface area (Å²) in [5.74, 6) is 2.23. The van der Waals surface area contributed by atoms with Crippen molar-refractivity contribution < 1.29 is 14.0 Å². The number of aryl methyl sites for hydroxylation is 2. The van der Waals surface area contributed by atoms with Crippen molar-refractivity contribution in [2.24, 2.45) is 0 Å². The quantitative estimate of drug-likeness (QED) is 0.519. The van der Waals surface area contributed by atoms with Crippen molar-refractivity contribution in [3.63, 3.8) is 0 Å². The third kappa shape index (κ3) is 3.47. The van der Waals surface area contributed by atoms with Gasteiger partial charge in [-0.25, -0.2) is 4.68 Å². The topological polar surface area (TPSA) is 92.3 Å². The Morgan fingerprint density at radius 1 is 0.931 bits per heavy atom. The van der Waals surface area contributed by atoms with Crippen LogP contribution in [-0.4, -0.2) is 26.7 Å². The van der Waals surface area contributed by atoms with Gasteiger partial charge in [0.15, 0.2) is 11.5 Å². The van der Waals surface area contributed by atoms with Crippen LogP contribution in [0.5, 0.6) is 11.5 Å². The van der Waals surface area contributed by atoms with Crippen molar-refractivity contribution in [1.82, 2.24) is 19.9 Å². The summed E-state index contributed by atoms with van der Waals surface area (Å²) in [6.45, 7) is 0.544. The lowest BCUT2D eigenvalue weighted by atomic mass is 10.1. The number of ether oxygens (including phenoxy) is 2. The maximum Gasteiger partial charge on any atom is 0.266 e. The van der Waals surface area contributed by atoms with Crippen LogP contribution in [-0.2, 0) is 13.0 Å². The number of hydrogen-bond donors (Lipinski definition) is 0. The van der Waals surface area contributed by atoms with Gasteiger partial charge < -0.3 is 14.0 Å². The summed E-state index contributed by atoms with van der Waals surface area (Å²) in [7, 11) is 0. The third-order valence-electron chi connectivity index (χ3n) is 4.57. The smallest absolute Gasteiger partial charge is 0.266 e. The van der Waals surface area contributed by atoms with Crippen molar-refractivity contribution in [3.8, 4) is 34.1 Å². The predicted octanol–water partition coefficient (Wildman–Crippen LogP) is 2.93. The second-order valence-electron chi connectivity index (χ2n) is 6.48. The standard InChI is InChI=1S/C21H16N4O4/c26-20-9-7-16(14-4-2-1-3-5-14)23-25(20)11-10-19-22-21(24-29-19)15-6-8-17-18(12-15)28-13-27-17/h1-9,12H,10-11,13H2. The number of hydrogen-bond acceptors (Lipinski definition) is 7. The molecule has 1 aliphatic heterocycles. The fourth-order valence-electron chi connectivity index (χ4n) is 3.08. The molecule has 3 heterocycles. The fourth-order valence-corrected chi connectivity index (χ4v) is 3.08. The minimum absolute atomic E-state index is 0.180. The van der Waals surface area contributed by atoms with E-state index in [1.807, 2.05) is 48.5 Å². The normalized spacial score (nSPS) is 12.3. The van der Waals surface area contributed by atoms with E-state index in [1.54, 1.807) is 6.07 Å². The third-order valence-corrected chi connectivity index (χ3v) is 4.57. The summed E-state index contributed by atoms with van der Waals surface area (Å²) >= 11 is 0. The monoisotopic (exact) mass is 388 g/mol. The molecule has 0 atom stereocenters. The highest BCUT2D eigenvalue weighted by molar-refractivity contribution is 5.61. The van der Waals surface area contributed by atoms with Crippen LogP contribution < -0.4 is 15.0 Å². The molecule has 29 heavy (non-hydrogen) atoms. The zero-order chi connectivity index (χ0) is 19.6. The van der Waals surface area contributed by atoms with E-state index in [1.165, 1.54) is 10.7 Å². The molecule has 0 bridgehead atoms. The van der Waals surface area contributed by atoms with Gasteiger partial charge in [0.1, 0.15) is 0 Å². The second kappa shape index (κ2) is 7.23. The van der Waals surface area contributed by atoms with Crippen LogP contribution >= 0.6 is 0 Å². The molecular weight excluding hydrogens is 372 g/mol. The van der Waals surface area contributed by atoms with Gasteiger partial charge in [-0.05, 0) is 24.3 Å². The molecule has 8 nitrogen and oxygen atoms in total. The summed E-state index contributed by atoms with van der Waals surface area (Å²) in [4.78, 5) is 16.6. The van der Waals surface area contributed by atoms with Gasteiger partial charge in [0.2, 0.25) is 18.5 Å². The molecule has 2 aromatic heterocycles. The largest absolute Gasteiger partial charge is 0.454 e. The lowest BCUT2D eigenvalue weighted by Crippen LogP contribution is -2.23. The van der Waals surface area contributed by atoms with Crippen molar-refractivity contribution >= 4 is 0 Å². The van der Waals surface area contributed by atoms with E-state index in [0.29, 0.717) is 36.2 Å². The molecule has 8 heteroatoms. The first kappa shape index (κ1) is 17.2. The Labute approximate surface area is 165 Å². The Morgan fingerprint density at radius 3 is 2.69 bits per heavy atom. The highest BCUT2D eigenvalue weighted by Crippen LogP contribution is 2.35. The van der Waals surface area contributed by atoms with Crippen LogP contribution in [0, 0.1) is 0 Å². The molecule has 2 aromatic carbocycles. The molecule has 0 radical (unpaired) electrons. The number of nitrogens with zero attached hydrogens (tertiary/aromatic N) is 4. The van der Waals surface area contributed by atoms with Crippen LogP contribution in [0.25, 0.3) is 22.6 Å². The second-order valence-corrected chi connectivity index (χ2v) is 6.48. The van der Waals surface area contributed by atoms with E-state index in [4.69, 9.17) is 14.0 Å². The lowest BCUT2D eigenvalue weighted by molar-refractivity contribution is 0.174. The minimum Gasteiger partial charge on any atom is -0.454 e. The number of fused-ring (bicyclic) bond motifs is 1. The molecule has 0 saturated carbocycles. The van der Waals surface area contributed by atoms with E-state index >= 15 is 0 Å². The van der Waals surface area contributed by atoms with E-state index in [9.17, 15) is 4.79 Å². The van der Waals surface area contributed by atoms with E-state index in [2.05, 4.69) is 15.2 Å². The predicted molar refractivity (Wildman–Crippen MR) is 103 cm³/mol. The number of aromatic nitrogens is 4. The summed E-state index contributed by atoms with van der Waals surface area (Å²) in [5.41, 5.74) is 2.27. The molecule has 0 saturated heterocycles. The number of rotatable bonds is 5. The molecule has 0 spiro atoms. The molecule has 144 valence electrons. The van der Waals surface area contributed by atoms with Gasteiger partial charge >= 0.3 is 0 Å². The molecule has 4 aromatic rings. The van der Waals surface area contributed by atoms with Crippen LogP contribution in [0.15, 0.2) is 70.0 Å². The molecule has 1 aliphatic rings.